The van der Waals surface area contributed by atoms with Crippen LogP contribution in [0.25, 0.3) is 0 Å². The monoisotopic (exact) mass is 482 g/mol. The summed E-state index contributed by atoms with van der Waals surface area (Å²) in [6.07, 6.45) is 4.08. The van der Waals surface area contributed by atoms with Gasteiger partial charge in [0.05, 0.1) is 16.1 Å². The molecule has 0 rings (SSSR count). The Labute approximate surface area is 197 Å². The highest BCUT2D eigenvalue weighted by atomic mass is 32.1. The van der Waals surface area contributed by atoms with E-state index in [1.165, 1.54) is 6.04 Å². The first-order chi connectivity index (χ1) is 11.9. The topological polar surface area (TPSA) is 60.4 Å². The van der Waals surface area contributed by atoms with Crippen molar-refractivity contribution in [2.45, 2.75) is 82.3 Å². The lowest BCUT2D eigenvalue weighted by Crippen LogP contribution is -2.20. The number of hydrogen-bond acceptors (Lipinski definition) is 5. The van der Waals surface area contributed by atoms with E-state index in [2.05, 4.69) is 76.3 Å². The van der Waals surface area contributed by atoms with E-state index in [0.717, 1.165) is 5.75 Å². The highest BCUT2D eigenvalue weighted by molar-refractivity contribution is 7.80. The standard InChI is InChI=1S/C11H20O2Si.C6H14SSi.2CH2O.4CH4/c1-6-14(4,5)9-7-8-13-11(12)10(2)3;1-8(2,3)6-4-5-7;2*1-2;;;;/h7,9H,2,6,8H2,1,3-5H3;4,6-7H,5H2,1-3H3;2*1H2;4*1H4. The van der Waals surface area contributed by atoms with Crippen LogP contribution in [0.1, 0.15) is 43.6 Å². The molecular weight excluding hydrogens is 428 g/mol. The highest BCUT2D eigenvalue weighted by Crippen LogP contribution is 2.09. The Morgan fingerprint density at radius 3 is 1.53 bits per heavy atom. The van der Waals surface area contributed by atoms with E-state index in [1.807, 2.05) is 19.7 Å². The summed E-state index contributed by atoms with van der Waals surface area (Å²) in [5, 5.41) is 0. The molecule has 30 heavy (non-hydrogen) atoms. The quantitative estimate of drug-likeness (QED) is 0.177. The van der Waals surface area contributed by atoms with Crippen molar-refractivity contribution >= 4 is 48.3 Å². The number of carbonyl (C=O) groups excluding carboxylic acids is 3. The maximum atomic E-state index is 11.0. The van der Waals surface area contributed by atoms with Gasteiger partial charge in [-0.25, -0.2) is 4.79 Å². The van der Waals surface area contributed by atoms with Crippen molar-refractivity contribution in [2.75, 3.05) is 12.4 Å². The molecule has 0 saturated carbocycles. The van der Waals surface area contributed by atoms with Crippen molar-refractivity contribution in [3.05, 3.63) is 35.7 Å². The van der Waals surface area contributed by atoms with Gasteiger partial charge in [0.15, 0.2) is 0 Å². The van der Waals surface area contributed by atoms with Crippen LogP contribution in [0.15, 0.2) is 35.7 Å². The van der Waals surface area contributed by atoms with Crippen molar-refractivity contribution in [2.24, 2.45) is 0 Å². The van der Waals surface area contributed by atoms with E-state index in [-0.39, 0.29) is 35.7 Å². The van der Waals surface area contributed by atoms with E-state index in [1.54, 1.807) is 6.92 Å². The van der Waals surface area contributed by atoms with Crippen molar-refractivity contribution in [3.63, 3.8) is 0 Å². The van der Waals surface area contributed by atoms with Crippen LogP contribution in [0.5, 0.6) is 0 Å². The van der Waals surface area contributed by atoms with Crippen LogP contribution >= 0.6 is 12.6 Å². The zero-order valence-electron chi connectivity index (χ0n) is 17.6. The average molecular weight is 483 g/mol. The van der Waals surface area contributed by atoms with Gasteiger partial charge in [0.2, 0.25) is 0 Å². The number of rotatable bonds is 7. The van der Waals surface area contributed by atoms with E-state index < -0.39 is 16.1 Å². The van der Waals surface area contributed by atoms with Crippen molar-refractivity contribution in [3.8, 4) is 0 Å². The van der Waals surface area contributed by atoms with Crippen molar-refractivity contribution in [1.82, 2.24) is 0 Å². The third kappa shape index (κ3) is 50.5. The summed E-state index contributed by atoms with van der Waals surface area (Å²) in [7, 11) is -2.08. The number of ether oxygens (including phenoxy) is 1. The Morgan fingerprint density at radius 2 is 1.30 bits per heavy atom. The van der Waals surface area contributed by atoms with E-state index in [0.29, 0.717) is 12.2 Å². The summed E-state index contributed by atoms with van der Waals surface area (Å²) in [6.45, 7) is 23.2. The molecule has 0 spiro atoms. The van der Waals surface area contributed by atoms with Crippen molar-refractivity contribution in [1.29, 1.82) is 0 Å². The molecule has 0 radical (unpaired) electrons. The molecule has 7 heteroatoms. The second-order valence-corrected chi connectivity index (χ2v) is 17.5. The Kier molecular flexibility index (Phi) is 55.7. The number of thiol groups is 1. The van der Waals surface area contributed by atoms with E-state index in [4.69, 9.17) is 14.3 Å². The highest BCUT2D eigenvalue weighted by Gasteiger charge is 2.12. The zero-order chi connectivity index (χ0) is 21.8. The second kappa shape index (κ2) is 32.5. The normalized spacial score (nSPS) is 9.20. The van der Waals surface area contributed by atoms with Crippen LogP contribution in [-0.4, -0.2) is 48.1 Å². The number of esters is 1. The van der Waals surface area contributed by atoms with Crippen LogP contribution < -0.4 is 0 Å². The smallest absolute Gasteiger partial charge is 0.333 e. The number of carbonyl (C=O) groups is 3. The summed E-state index contributed by atoms with van der Waals surface area (Å²) in [4.78, 5) is 27.0. The molecule has 0 saturated heterocycles. The van der Waals surface area contributed by atoms with Crippen molar-refractivity contribution < 1.29 is 19.1 Å². The zero-order valence-corrected chi connectivity index (χ0v) is 20.5. The third-order valence-corrected chi connectivity index (χ3v) is 7.27. The Balaban J connectivity index is -0.0000000441. The Morgan fingerprint density at radius 1 is 0.900 bits per heavy atom. The van der Waals surface area contributed by atoms with Crippen LogP contribution in [0.2, 0.25) is 38.8 Å². The van der Waals surface area contributed by atoms with Gasteiger partial charge in [0, 0.05) is 11.3 Å². The summed E-state index contributed by atoms with van der Waals surface area (Å²) < 4.78 is 4.94. The average Bonchev–Trinajstić information content (AvgIpc) is 2.60. The summed E-state index contributed by atoms with van der Waals surface area (Å²) in [5.74, 6) is 0.565. The number of hydrogen-bond donors (Lipinski definition) is 1. The molecule has 0 aliphatic carbocycles. The van der Waals surface area contributed by atoms with E-state index >= 15 is 0 Å². The van der Waals surface area contributed by atoms with Gasteiger partial charge in [0.25, 0.3) is 0 Å². The fourth-order valence-corrected chi connectivity index (χ4v) is 3.24. The first-order valence-electron chi connectivity index (χ1n) is 8.32. The molecule has 0 bridgehead atoms. The molecule has 0 aromatic rings. The van der Waals surface area contributed by atoms with Gasteiger partial charge in [-0.1, -0.05) is 106 Å². The summed E-state index contributed by atoms with van der Waals surface area (Å²) >= 11 is 4.07. The predicted octanol–water partition coefficient (Wildman–Crippen LogP) is 7.45. The minimum Gasteiger partial charge on any atom is -0.458 e. The fourth-order valence-electron chi connectivity index (χ4n) is 1.14. The van der Waals surface area contributed by atoms with Crippen LogP contribution in [-0.2, 0) is 19.1 Å². The van der Waals surface area contributed by atoms with E-state index in [9.17, 15) is 4.79 Å². The lowest BCUT2D eigenvalue weighted by atomic mass is 10.4. The molecule has 0 heterocycles. The van der Waals surface area contributed by atoms with Gasteiger partial charge < -0.3 is 14.3 Å². The Bertz CT molecular complexity index is 427. The van der Waals surface area contributed by atoms with Gasteiger partial charge in [-0.05, 0) is 6.92 Å². The molecule has 0 atom stereocenters. The maximum Gasteiger partial charge on any atom is 0.333 e. The fraction of sp³-hybridized carbons (Fsp3) is 0.609. The first-order valence-corrected chi connectivity index (χ1v) is 15.8. The van der Waals surface area contributed by atoms with Crippen LogP contribution in [0.3, 0.4) is 0 Å². The molecule has 184 valence electrons. The molecule has 0 fully saturated rings. The molecule has 0 N–H and O–H groups in total. The lowest BCUT2D eigenvalue weighted by molar-refractivity contribution is -0.137. The lowest BCUT2D eigenvalue weighted by Gasteiger charge is -2.13. The summed E-state index contributed by atoms with van der Waals surface area (Å²) in [5.41, 5.74) is 4.96. The molecule has 0 unspecified atom stereocenters. The van der Waals surface area contributed by atoms with Crippen LogP contribution in [0.4, 0.5) is 0 Å². The van der Waals surface area contributed by atoms with Gasteiger partial charge in [-0.3, -0.25) is 0 Å². The molecular formula is C23H54O4SSi2. The SMILES string of the molecule is C.C.C.C.C=C(C)C(=O)OCC=C[Si](C)(C)CC.C=O.C=O.C[Si](C)(C)C=CCS. The summed E-state index contributed by atoms with van der Waals surface area (Å²) in [6, 6.07) is 1.21. The first kappa shape index (κ1) is 51.5. The molecule has 4 nitrogen and oxygen atoms in total. The van der Waals surface area contributed by atoms with Crippen LogP contribution in [0, 0.1) is 0 Å². The molecule has 0 aromatic heterocycles. The minimum absolute atomic E-state index is 0. The van der Waals surface area contributed by atoms with Gasteiger partial charge in [-0.15, -0.1) is 0 Å². The third-order valence-electron chi connectivity index (χ3n) is 2.86. The molecule has 0 amide bonds. The molecule has 0 aliphatic rings. The molecule has 0 aliphatic heterocycles. The molecule has 0 aromatic carbocycles. The Hall–Kier alpha value is -1.19. The maximum absolute atomic E-state index is 11.0. The minimum atomic E-state index is -1.17. The van der Waals surface area contributed by atoms with Gasteiger partial charge >= 0.3 is 5.97 Å². The second-order valence-electron chi connectivity index (χ2n) is 7.07. The van der Waals surface area contributed by atoms with Gasteiger partial charge in [0.1, 0.15) is 20.2 Å². The van der Waals surface area contributed by atoms with Gasteiger partial charge in [-0.2, -0.15) is 12.6 Å². The largest absolute Gasteiger partial charge is 0.458 e. The predicted molar refractivity (Wildman–Crippen MR) is 150 cm³/mol.